The first-order chi connectivity index (χ1) is 6.45. The minimum atomic E-state index is 1.05. The van der Waals surface area contributed by atoms with Gasteiger partial charge in [-0.05, 0) is 28.5 Å². The largest absolute Gasteiger partial charge is 0.387 e. The van der Waals surface area contributed by atoms with Gasteiger partial charge in [0.15, 0.2) is 5.52 Å². The lowest BCUT2D eigenvalue weighted by atomic mass is 10.3. The first-order valence-corrected chi connectivity index (χ1v) is 4.91. The van der Waals surface area contributed by atoms with Crippen LogP contribution in [0.2, 0.25) is 0 Å². The molecule has 2 nitrogen and oxygen atoms in total. The third-order valence-electron chi connectivity index (χ3n) is 2.04. The van der Waals surface area contributed by atoms with Crippen LogP contribution in [0.4, 0.5) is 0 Å². The highest BCUT2D eigenvalue weighted by atomic mass is 32.1. The van der Waals surface area contributed by atoms with Gasteiger partial charge in [-0.25, -0.2) is 0 Å². The minimum Gasteiger partial charge on any atom is -0.186 e. The Balaban J connectivity index is 2.64. The van der Waals surface area contributed by atoms with E-state index in [0.717, 1.165) is 4.96 Å². The monoisotopic (exact) mass is 187 g/mol. The van der Waals surface area contributed by atoms with Crippen molar-refractivity contribution in [3.63, 3.8) is 0 Å². The van der Waals surface area contributed by atoms with Gasteiger partial charge in [0.05, 0.1) is 4.70 Å². The van der Waals surface area contributed by atoms with Gasteiger partial charge in [-0.3, -0.25) is 0 Å². The molecular weight excluding hydrogens is 180 g/mol. The van der Waals surface area contributed by atoms with Gasteiger partial charge in [-0.1, -0.05) is 12.1 Å². The fourth-order valence-corrected chi connectivity index (χ4v) is 2.44. The zero-order chi connectivity index (χ0) is 8.67. The van der Waals surface area contributed by atoms with Crippen LogP contribution < -0.4 is 4.40 Å². The van der Waals surface area contributed by atoms with Crippen molar-refractivity contribution in [2.75, 3.05) is 0 Å². The lowest BCUT2D eigenvalue weighted by Crippen LogP contribution is -2.18. The number of hydrogen-bond donors (Lipinski definition) is 0. The van der Waals surface area contributed by atoms with Crippen molar-refractivity contribution in [1.82, 2.24) is 4.98 Å². The lowest BCUT2D eigenvalue weighted by Gasteiger charge is -1.83. The lowest BCUT2D eigenvalue weighted by molar-refractivity contribution is -0.480. The summed E-state index contributed by atoms with van der Waals surface area (Å²) in [6, 6.07) is 10.3. The highest BCUT2D eigenvalue weighted by Crippen LogP contribution is 2.18. The first kappa shape index (κ1) is 6.97. The zero-order valence-corrected chi connectivity index (χ0v) is 7.66. The van der Waals surface area contributed by atoms with Crippen LogP contribution in [0.15, 0.2) is 42.7 Å². The van der Waals surface area contributed by atoms with E-state index in [1.165, 1.54) is 10.2 Å². The van der Waals surface area contributed by atoms with Gasteiger partial charge >= 0.3 is 4.96 Å². The molecule has 62 valence electrons. The van der Waals surface area contributed by atoms with E-state index in [9.17, 15) is 0 Å². The molecule has 0 amide bonds. The average molecular weight is 187 g/mol. The maximum atomic E-state index is 4.30. The second kappa shape index (κ2) is 2.50. The molecule has 0 N–H and O–H groups in total. The molecule has 0 saturated carbocycles. The van der Waals surface area contributed by atoms with Gasteiger partial charge in [-0.2, -0.15) is 4.40 Å². The SMILES string of the molecule is c1ccc2c(c1)sc1nccc[n+]12. The van der Waals surface area contributed by atoms with E-state index in [-0.39, 0.29) is 0 Å². The molecule has 0 aliphatic rings. The molecule has 3 aromatic rings. The number of benzene rings is 1. The topological polar surface area (TPSA) is 17.0 Å². The fourth-order valence-electron chi connectivity index (χ4n) is 1.46. The molecule has 0 aliphatic heterocycles. The Labute approximate surface area is 79.1 Å². The molecular formula is C10H7N2S+. The zero-order valence-electron chi connectivity index (χ0n) is 6.84. The Hall–Kier alpha value is -1.48. The molecule has 0 bridgehead atoms. The second-order valence-corrected chi connectivity index (χ2v) is 3.85. The molecule has 2 aromatic heterocycles. The quantitative estimate of drug-likeness (QED) is 0.492. The summed E-state index contributed by atoms with van der Waals surface area (Å²) in [7, 11) is 0. The van der Waals surface area contributed by atoms with Crippen LogP contribution in [0, 0.1) is 0 Å². The maximum Gasteiger partial charge on any atom is 0.387 e. The maximum absolute atomic E-state index is 4.30. The van der Waals surface area contributed by atoms with E-state index in [1.807, 2.05) is 18.5 Å². The number of aromatic nitrogens is 2. The molecule has 0 saturated heterocycles. The third-order valence-corrected chi connectivity index (χ3v) is 3.09. The minimum absolute atomic E-state index is 1.05. The first-order valence-electron chi connectivity index (χ1n) is 4.09. The summed E-state index contributed by atoms with van der Waals surface area (Å²) in [5.74, 6) is 0. The molecule has 0 radical (unpaired) electrons. The van der Waals surface area contributed by atoms with Crippen LogP contribution in [0.1, 0.15) is 0 Å². The van der Waals surface area contributed by atoms with E-state index in [4.69, 9.17) is 0 Å². The summed E-state index contributed by atoms with van der Waals surface area (Å²) in [6.45, 7) is 0. The Kier molecular flexibility index (Phi) is 1.34. The second-order valence-electron chi connectivity index (χ2n) is 2.84. The van der Waals surface area contributed by atoms with Gasteiger partial charge in [0.25, 0.3) is 0 Å². The number of rotatable bonds is 0. The van der Waals surface area contributed by atoms with Crippen molar-refractivity contribution < 1.29 is 4.40 Å². The van der Waals surface area contributed by atoms with Gasteiger partial charge in [0.2, 0.25) is 0 Å². The van der Waals surface area contributed by atoms with E-state index in [0.29, 0.717) is 0 Å². The van der Waals surface area contributed by atoms with Crippen LogP contribution in [0.5, 0.6) is 0 Å². The normalized spacial score (nSPS) is 11.1. The van der Waals surface area contributed by atoms with Crippen molar-refractivity contribution in [3.05, 3.63) is 42.7 Å². The molecule has 1 aromatic carbocycles. The molecule has 0 unspecified atom stereocenters. The van der Waals surface area contributed by atoms with Gasteiger partial charge in [0, 0.05) is 6.07 Å². The predicted octanol–water partition coefficient (Wildman–Crippen LogP) is 2.03. The number of nitrogens with zero attached hydrogens (tertiary/aromatic N) is 2. The molecule has 3 rings (SSSR count). The number of thiazole rings is 1. The summed E-state index contributed by atoms with van der Waals surface area (Å²) in [4.78, 5) is 5.35. The van der Waals surface area contributed by atoms with E-state index < -0.39 is 0 Å². The van der Waals surface area contributed by atoms with Crippen molar-refractivity contribution in [3.8, 4) is 0 Å². The summed E-state index contributed by atoms with van der Waals surface area (Å²) >= 11 is 1.71. The fraction of sp³-hybridized carbons (Fsp3) is 0. The number of hydrogen-bond acceptors (Lipinski definition) is 2. The van der Waals surface area contributed by atoms with Gasteiger partial charge in [-0.15, -0.1) is 0 Å². The molecule has 3 heteroatoms. The van der Waals surface area contributed by atoms with E-state index >= 15 is 0 Å². The number of para-hydroxylation sites is 1. The standard InChI is InChI=1S/C10H7N2S/c1-2-5-9-8(4-1)12-7-3-6-11-10(12)13-9/h1-7H/q+1. The van der Waals surface area contributed by atoms with E-state index in [1.54, 1.807) is 11.3 Å². The molecule has 0 aliphatic carbocycles. The molecule has 0 atom stereocenters. The molecule has 0 spiro atoms. The molecule has 13 heavy (non-hydrogen) atoms. The summed E-state index contributed by atoms with van der Waals surface area (Å²) in [5.41, 5.74) is 1.23. The van der Waals surface area contributed by atoms with Gasteiger partial charge in [0.1, 0.15) is 12.4 Å². The van der Waals surface area contributed by atoms with Gasteiger partial charge < -0.3 is 0 Å². The van der Waals surface area contributed by atoms with E-state index in [2.05, 4.69) is 33.7 Å². The highest BCUT2D eigenvalue weighted by Gasteiger charge is 2.09. The van der Waals surface area contributed by atoms with Crippen molar-refractivity contribution >= 4 is 26.5 Å². The smallest absolute Gasteiger partial charge is 0.186 e. The van der Waals surface area contributed by atoms with Crippen molar-refractivity contribution in [1.29, 1.82) is 0 Å². The van der Waals surface area contributed by atoms with Crippen LogP contribution in [0.3, 0.4) is 0 Å². The molecule has 0 fully saturated rings. The Bertz CT molecular complexity index is 521. The summed E-state index contributed by atoms with van der Waals surface area (Å²) < 4.78 is 3.39. The Morgan fingerprint density at radius 3 is 3.08 bits per heavy atom. The predicted molar refractivity (Wildman–Crippen MR) is 52.8 cm³/mol. The van der Waals surface area contributed by atoms with Crippen LogP contribution in [-0.2, 0) is 0 Å². The Morgan fingerprint density at radius 1 is 1.15 bits per heavy atom. The van der Waals surface area contributed by atoms with Crippen molar-refractivity contribution in [2.24, 2.45) is 0 Å². The van der Waals surface area contributed by atoms with Crippen LogP contribution in [-0.4, -0.2) is 4.98 Å². The molecule has 2 heterocycles. The summed E-state index contributed by atoms with van der Waals surface area (Å²) in [6.07, 6.45) is 3.87. The van der Waals surface area contributed by atoms with Crippen LogP contribution in [0.25, 0.3) is 15.2 Å². The number of fused-ring (bicyclic) bond motifs is 3. The average Bonchev–Trinajstić information content (AvgIpc) is 2.56. The highest BCUT2D eigenvalue weighted by molar-refractivity contribution is 7.22. The third kappa shape index (κ3) is 0.939. The van der Waals surface area contributed by atoms with Crippen LogP contribution >= 0.6 is 11.3 Å². The Morgan fingerprint density at radius 2 is 2.08 bits per heavy atom. The summed E-state index contributed by atoms with van der Waals surface area (Å²) in [5, 5.41) is 0. The van der Waals surface area contributed by atoms with Crippen molar-refractivity contribution in [2.45, 2.75) is 0 Å².